The van der Waals surface area contributed by atoms with Gasteiger partial charge < -0.3 is 4.74 Å². The van der Waals surface area contributed by atoms with Crippen molar-refractivity contribution in [2.24, 2.45) is 0 Å². The van der Waals surface area contributed by atoms with E-state index in [2.05, 4.69) is 33.4 Å². The summed E-state index contributed by atoms with van der Waals surface area (Å²) < 4.78 is 5.38. The summed E-state index contributed by atoms with van der Waals surface area (Å²) in [6.45, 7) is 10.3. The Morgan fingerprint density at radius 1 is 1.50 bits per heavy atom. The maximum atomic E-state index is 5.38. The molecule has 0 radical (unpaired) electrons. The summed E-state index contributed by atoms with van der Waals surface area (Å²) in [4.78, 5) is 0. The van der Waals surface area contributed by atoms with Crippen LogP contribution in [-0.4, -0.2) is 12.7 Å². The fourth-order valence-corrected chi connectivity index (χ4v) is 1.39. The Kier molecular flexibility index (Phi) is 6.56. The zero-order chi connectivity index (χ0) is 11.0. The molecule has 1 nitrogen and oxygen atoms in total. The average Bonchev–Trinajstić information content (AvgIpc) is 2.18. The summed E-state index contributed by atoms with van der Waals surface area (Å²) >= 11 is 0. The molecule has 1 heteroatoms. The van der Waals surface area contributed by atoms with Crippen molar-refractivity contribution in [1.82, 2.24) is 0 Å². The van der Waals surface area contributed by atoms with Crippen LogP contribution in [0.2, 0.25) is 0 Å². The van der Waals surface area contributed by atoms with Gasteiger partial charge in [0.2, 0.25) is 0 Å². The van der Waals surface area contributed by atoms with Gasteiger partial charge in [0, 0.05) is 7.11 Å². The first-order chi connectivity index (χ1) is 6.58. The Bertz CT molecular complexity index is 193. The van der Waals surface area contributed by atoms with Crippen LogP contribution in [0.15, 0.2) is 24.3 Å². The van der Waals surface area contributed by atoms with E-state index in [-0.39, 0.29) is 5.60 Å². The van der Waals surface area contributed by atoms with E-state index >= 15 is 0 Å². The van der Waals surface area contributed by atoms with Crippen LogP contribution in [0.1, 0.15) is 46.5 Å². The molecule has 0 spiro atoms. The van der Waals surface area contributed by atoms with Crippen LogP contribution in [0.3, 0.4) is 0 Å². The van der Waals surface area contributed by atoms with Gasteiger partial charge in [0.25, 0.3) is 0 Å². The molecule has 0 N–H and O–H groups in total. The fraction of sp³-hybridized carbons (Fsp3) is 0.692. The molecule has 0 saturated carbocycles. The van der Waals surface area contributed by atoms with Crippen LogP contribution in [0.5, 0.6) is 0 Å². The first kappa shape index (κ1) is 13.4. The van der Waals surface area contributed by atoms with E-state index in [1.165, 1.54) is 18.4 Å². The molecule has 0 aliphatic heterocycles. The topological polar surface area (TPSA) is 9.23 Å². The summed E-state index contributed by atoms with van der Waals surface area (Å²) in [5, 5.41) is 0. The number of methoxy groups -OCH3 is 1. The van der Waals surface area contributed by atoms with Gasteiger partial charge in [-0.05, 0) is 33.1 Å². The van der Waals surface area contributed by atoms with Crippen molar-refractivity contribution in [2.75, 3.05) is 7.11 Å². The summed E-state index contributed by atoms with van der Waals surface area (Å²) in [5.74, 6) is 0. The van der Waals surface area contributed by atoms with Crippen molar-refractivity contribution in [3.05, 3.63) is 24.3 Å². The molecule has 0 aromatic heterocycles. The van der Waals surface area contributed by atoms with Crippen molar-refractivity contribution < 1.29 is 4.74 Å². The standard InChI is InChI=1S/C13H24O/c1-6-9-12(3)10-8-11-13(4,7-2)14-5/h7,10H,2,6,8-9,11H2,1,3-5H3/b12-10+. The minimum Gasteiger partial charge on any atom is -0.374 e. The number of rotatable bonds is 7. The van der Waals surface area contributed by atoms with E-state index in [0.29, 0.717) is 0 Å². The lowest BCUT2D eigenvalue weighted by Gasteiger charge is -2.23. The van der Waals surface area contributed by atoms with E-state index in [0.717, 1.165) is 12.8 Å². The van der Waals surface area contributed by atoms with Crippen molar-refractivity contribution in [2.45, 2.75) is 52.1 Å². The van der Waals surface area contributed by atoms with Crippen molar-refractivity contribution in [3.8, 4) is 0 Å². The quantitative estimate of drug-likeness (QED) is 0.557. The maximum absolute atomic E-state index is 5.38. The Morgan fingerprint density at radius 2 is 2.14 bits per heavy atom. The van der Waals surface area contributed by atoms with Gasteiger partial charge in [-0.2, -0.15) is 0 Å². The Hall–Kier alpha value is -0.560. The van der Waals surface area contributed by atoms with E-state index in [4.69, 9.17) is 4.74 Å². The highest BCUT2D eigenvalue weighted by atomic mass is 16.5. The predicted molar refractivity (Wildman–Crippen MR) is 63.5 cm³/mol. The van der Waals surface area contributed by atoms with Gasteiger partial charge in [0.15, 0.2) is 0 Å². The SMILES string of the molecule is C=CC(C)(CC/C=C(\C)CCC)OC. The number of ether oxygens (including phenoxy) is 1. The molecule has 1 unspecified atom stereocenters. The minimum atomic E-state index is -0.164. The lowest BCUT2D eigenvalue weighted by Crippen LogP contribution is -2.23. The molecular formula is C13H24O. The van der Waals surface area contributed by atoms with Gasteiger partial charge >= 0.3 is 0 Å². The predicted octanol–water partition coefficient (Wildman–Crippen LogP) is 4.10. The normalized spacial score (nSPS) is 16.4. The molecule has 0 aliphatic rings. The second kappa shape index (κ2) is 6.83. The maximum Gasteiger partial charge on any atom is 0.0831 e. The molecule has 0 rings (SSSR count). The highest BCUT2D eigenvalue weighted by Crippen LogP contribution is 2.19. The fourth-order valence-electron chi connectivity index (χ4n) is 1.39. The third-order valence-electron chi connectivity index (χ3n) is 2.68. The lowest BCUT2D eigenvalue weighted by molar-refractivity contribution is 0.0425. The zero-order valence-corrected chi connectivity index (χ0v) is 10.1. The molecule has 14 heavy (non-hydrogen) atoms. The third kappa shape index (κ3) is 5.23. The molecule has 0 saturated heterocycles. The van der Waals surface area contributed by atoms with Crippen LogP contribution in [0.4, 0.5) is 0 Å². The molecule has 0 heterocycles. The Morgan fingerprint density at radius 3 is 2.57 bits per heavy atom. The van der Waals surface area contributed by atoms with E-state index in [9.17, 15) is 0 Å². The molecule has 0 amide bonds. The largest absolute Gasteiger partial charge is 0.374 e. The zero-order valence-electron chi connectivity index (χ0n) is 10.1. The van der Waals surface area contributed by atoms with E-state index in [1.54, 1.807) is 7.11 Å². The van der Waals surface area contributed by atoms with Crippen LogP contribution >= 0.6 is 0 Å². The molecule has 0 aromatic rings. The monoisotopic (exact) mass is 196 g/mol. The van der Waals surface area contributed by atoms with Gasteiger partial charge in [0.05, 0.1) is 5.60 Å². The van der Waals surface area contributed by atoms with Crippen LogP contribution in [0.25, 0.3) is 0 Å². The van der Waals surface area contributed by atoms with Gasteiger partial charge in [-0.1, -0.05) is 31.1 Å². The summed E-state index contributed by atoms with van der Waals surface area (Å²) in [6.07, 6.45) is 8.71. The first-order valence-corrected chi connectivity index (χ1v) is 5.42. The number of hydrogen-bond donors (Lipinski definition) is 0. The first-order valence-electron chi connectivity index (χ1n) is 5.42. The van der Waals surface area contributed by atoms with Gasteiger partial charge in [-0.3, -0.25) is 0 Å². The van der Waals surface area contributed by atoms with Gasteiger partial charge in [-0.25, -0.2) is 0 Å². The second-order valence-corrected chi connectivity index (χ2v) is 4.06. The molecule has 0 fully saturated rings. The van der Waals surface area contributed by atoms with E-state index < -0.39 is 0 Å². The molecule has 82 valence electrons. The molecule has 0 aromatic carbocycles. The molecule has 0 bridgehead atoms. The summed E-state index contributed by atoms with van der Waals surface area (Å²) in [5.41, 5.74) is 1.32. The summed E-state index contributed by atoms with van der Waals surface area (Å²) in [7, 11) is 1.74. The lowest BCUT2D eigenvalue weighted by atomic mass is 9.99. The number of hydrogen-bond acceptors (Lipinski definition) is 1. The molecule has 0 aliphatic carbocycles. The smallest absolute Gasteiger partial charge is 0.0831 e. The van der Waals surface area contributed by atoms with Crippen molar-refractivity contribution in [1.29, 1.82) is 0 Å². The van der Waals surface area contributed by atoms with Crippen molar-refractivity contribution >= 4 is 0 Å². The second-order valence-electron chi connectivity index (χ2n) is 4.06. The van der Waals surface area contributed by atoms with Crippen molar-refractivity contribution in [3.63, 3.8) is 0 Å². The molecule has 1 atom stereocenters. The summed E-state index contributed by atoms with van der Waals surface area (Å²) in [6, 6.07) is 0. The van der Waals surface area contributed by atoms with Crippen LogP contribution < -0.4 is 0 Å². The third-order valence-corrected chi connectivity index (χ3v) is 2.68. The molecular weight excluding hydrogens is 172 g/mol. The number of allylic oxidation sites excluding steroid dienone is 2. The minimum absolute atomic E-state index is 0.164. The van der Waals surface area contributed by atoms with Gasteiger partial charge in [-0.15, -0.1) is 6.58 Å². The van der Waals surface area contributed by atoms with Gasteiger partial charge in [0.1, 0.15) is 0 Å². The Labute approximate surface area is 88.9 Å². The van der Waals surface area contributed by atoms with Crippen LogP contribution in [-0.2, 0) is 4.74 Å². The Balaban J connectivity index is 3.93. The average molecular weight is 196 g/mol. The highest BCUT2D eigenvalue weighted by Gasteiger charge is 2.17. The van der Waals surface area contributed by atoms with E-state index in [1.807, 2.05) is 6.08 Å². The van der Waals surface area contributed by atoms with Crippen LogP contribution in [0, 0.1) is 0 Å². The highest BCUT2D eigenvalue weighted by molar-refractivity contribution is 5.01.